The van der Waals surface area contributed by atoms with Gasteiger partial charge < -0.3 is 10.1 Å². The minimum absolute atomic E-state index is 0.0411. The highest BCUT2D eigenvalue weighted by Crippen LogP contribution is 2.47. The highest BCUT2D eigenvalue weighted by molar-refractivity contribution is 5.95. The zero-order valence-electron chi connectivity index (χ0n) is 19.4. The number of halogens is 3. The summed E-state index contributed by atoms with van der Waals surface area (Å²) in [6.45, 7) is 2.08. The lowest BCUT2D eigenvalue weighted by Gasteiger charge is -2.10. The molecule has 1 aromatic heterocycles. The van der Waals surface area contributed by atoms with Crippen molar-refractivity contribution >= 4 is 11.6 Å². The largest absolute Gasteiger partial charge is 0.463 e. The Balaban J connectivity index is 1.36. The van der Waals surface area contributed by atoms with Gasteiger partial charge in [0, 0.05) is 17.2 Å². The van der Waals surface area contributed by atoms with Crippen LogP contribution in [0.25, 0.3) is 17.1 Å². The van der Waals surface area contributed by atoms with E-state index in [4.69, 9.17) is 4.74 Å². The number of hydrogen-bond acceptors (Lipinski definition) is 4. The Morgan fingerprint density at radius 1 is 1.06 bits per heavy atom. The Morgan fingerprint density at radius 3 is 2.50 bits per heavy atom. The van der Waals surface area contributed by atoms with Gasteiger partial charge in [0.2, 0.25) is 5.91 Å². The Labute approximate surface area is 205 Å². The van der Waals surface area contributed by atoms with Gasteiger partial charge in [-0.05, 0) is 61.2 Å². The molecule has 1 N–H and O–H groups in total. The van der Waals surface area contributed by atoms with Crippen molar-refractivity contribution in [3.8, 4) is 23.1 Å². The minimum atomic E-state index is -4.48. The number of carbonyl (C=O) groups excluding carboxylic acids is 1. The Bertz CT molecular complexity index is 1370. The van der Waals surface area contributed by atoms with Crippen molar-refractivity contribution in [1.29, 1.82) is 0 Å². The standard InChI is InChI=1S/C27H23F3N4O2/c1-2-36-26-32-24(18-9-6-10-19(15-18)27(28,29)30)34(33-26)21-13-11-20(12-14-21)31-25(35)23-16-22(23)17-7-4-3-5-8-17/h3-15,22-23H,2,16H2,1H3,(H,31,35)/t22-,23-/m0/s1. The van der Waals surface area contributed by atoms with Gasteiger partial charge >= 0.3 is 12.2 Å². The van der Waals surface area contributed by atoms with Gasteiger partial charge in [-0.15, -0.1) is 5.10 Å². The number of amides is 1. The smallest absolute Gasteiger partial charge is 0.416 e. The van der Waals surface area contributed by atoms with Crippen molar-refractivity contribution in [3.05, 3.63) is 90.0 Å². The van der Waals surface area contributed by atoms with E-state index in [9.17, 15) is 18.0 Å². The van der Waals surface area contributed by atoms with Gasteiger partial charge in [-0.2, -0.15) is 18.2 Å². The molecule has 0 bridgehead atoms. The monoisotopic (exact) mass is 492 g/mol. The number of rotatable bonds is 7. The number of nitrogens with zero attached hydrogens (tertiary/aromatic N) is 3. The third-order valence-corrected chi connectivity index (χ3v) is 6.04. The third-order valence-electron chi connectivity index (χ3n) is 6.04. The fourth-order valence-corrected chi connectivity index (χ4v) is 4.16. The van der Waals surface area contributed by atoms with E-state index >= 15 is 0 Å². The van der Waals surface area contributed by atoms with Crippen LogP contribution in [0.5, 0.6) is 6.01 Å². The van der Waals surface area contributed by atoms with Crippen LogP contribution in [0.15, 0.2) is 78.9 Å². The van der Waals surface area contributed by atoms with Crippen LogP contribution in [0.3, 0.4) is 0 Å². The van der Waals surface area contributed by atoms with E-state index in [1.54, 1.807) is 37.3 Å². The van der Waals surface area contributed by atoms with Gasteiger partial charge in [0.15, 0.2) is 5.82 Å². The molecule has 6 nitrogen and oxygen atoms in total. The number of benzene rings is 3. The second-order valence-corrected chi connectivity index (χ2v) is 8.54. The fourth-order valence-electron chi connectivity index (χ4n) is 4.16. The van der Waals surface area contributed by atoms with Crippen molar-refractivity contribution in [1.82, 2.24) is 14.8 Å². The SMILES string of the molecule is CCOc1nc(-c2cccc(C(F)(F)F)c2)n(-c2ccc(NC(=O)[C@H]3C[C@H]3c3ccccc3)cc2)n1. The lowest BCUT2D eigenvalue weighted by molar-refractivity contribution is -0.137. The second-order valence-electron chi connectivity index (χ2n) is 8.54. The van der Waals surface area contributed by atoms with E-state index in [1.165, 1.54) is 10.7 Å². The number of hydrogen-bond donors (Lipinski definition) is 1. The van der Waals surface area contributed by atoms with Gasteiger partial charge in [-0.25, -0.2) is 4.68 Å². The molecule has 1 saturated carbocycles. The molecular weight excluding hydrogens is 469 g/mol. The van der Waals surface area contributed by atoms with E-state index < -0.39 is 11.7 Å². The molecule has 0 aliphatic heterocycles. The summed E-state index contributed by atoms with van der Waals surface area (Å²) in [5.74, 6) is 0.335. The Hall–Kier alpha value is -4.14. The Morgan fingerprint density at radius 2 is 1.81 bits per heavy atom. The quantitative estimate of drug-likeness (QED) is 0.339. The summed E-state index contributed by atoms with van der Waals surface area (Å²) in [7, 11) is 0. The topological polar surface area (TPSA) is 69.0 Å². The maximum absolute atomic E-state index is 13.3. The zero-order valence-corrected chi connectivity index (χ0v) is 19.4. The number of anilines is 1. The van der Waals surface area contributed by atoms with E-state index in [-0.39, 0.29) is 35.1 Å². The van der Waals surface area contributed by atoms with Gasteiger partial charge in [0.1, 0.15) is 0 Å². The predicted octanol–water partition coefficient (Wildman–Crippen LogP) is 6.09. The molecule has 0 spiro atoms. The first-order valence-corrected chi connectivity index (χ1v) is 11.6. The molecule has 2 atom stereocenters. The molecular formula is C27H23F3N4O2. The first-order valence-electron chi connectivity index (χ1n) is 11.6. The molecule has 3 aromatic carbocycles. The number of ether oxygens (including phenoxy) is 1. The van der Waals surface area contributed by atoms with Crippen LogP contribution in [0.1, 0.15) is 30.4 Å². The molecule has 184 valence electrons. The fraction of sp³-hybridized carbons (Fsp3) is 0.222. The molecule has 1 amide bonds. The molecule has 1 fully saturated rings. The summed E-state index contributed by atoms with van der Waals surface area (Å²) in [4.78, 5) is 17.0. The summed E-state index contributed by atoms with van der Waals surface area (Å²) >= 11 is 0. The van der Waals surface area contributed by atoms with Gasteiger partial charge in [-0.1, -0.05) is 42.5 Å². The second kappa shape index (κ2) is 9.49. The third kappa shape index (κ3) is 4.95. The van der Waals surface area contributed by atoms with E-state index in [1.807, 2.05) is 30.3 Å². The van der Waals surface area contributed by atoms with Crippen molar-refractivity contribution < 1.29 is 22.7 Å². The average molecular weight is 493 g/mol. The van der Waals surface area contributed by atoms with Gasteiger partial charge in [-0.3, -0.25) is 4.79 Å². The van der Waals surface area contributed by atoms with Crippen molar-refractivity contribution in [3.63, 3.8) is 0 Å². The molecule has 0 saturated heterocycles. The van der Waals surface area contributed by atoms with Crippen LogP contribution in [0, 0.1) is 5.92 Å². The van der Waals surface area contributed by atoms with Crippen molar-refractivity contribution in [2.75, 3.05) is 11.9 Å². The molecule has 1 aliphatic carbocycles. The van der Waals surface area contributed by atoms with Crippen LogP contribution >= 0.6 is 0 Å². The molecule has 5 rings (SSSR count). The molecule has 1 aliphatic rings. The number of alkyl halides is 3. The summed E-state index contributed by atoms with van der Waals surface area (Å²) in [5.41, 5.74) is 1.81. The minimum Gasteiger partial charge on any atom is -0.463 e. The van der Waals surface area contributed by atoms with E-state index in [0.717, 1.165) is 24.1 Å². The zero-order chi connectivity index (χ0) is 25.3. The summed E-state index contributed by atoms with van der Waals surface area (Å²) in [5, 5.41) is 7.27. The van der Waals surface area contributed by atoms with E-state index in [2.05, 4.69) is 15.4 Å². The highest BCUT2D eigenvalue weighted by atomic mass is 19.4. The predicted molar refractivity (Wildman–Crippen MR) is 129 cm³/mol. The van der Waals surface area contributed by atoms with Crippen LogP contribution in [0.2, 0.25) is 0 Å². The van der Waals surface area contributed by atoms with Gasteiger partial charge in [0.25, 0.3) is 0 Å². The normalized spacial score (nSPS) is 17.0. The number of aromatic nitrogens is 3. The maximum atomic E-state index is 13.3. The van der Waals surface area contributed by atoms with Crippen LogP contribution in [-0.4, -0.2) is 27.3 Å². The first-order chi connectivity index (χ1) is 17.3. The van der Waals surface area contributed by atoms with Crippen molar-refractivity contribution in [2.45, 2.75) is 25.4 Å². The molecule has 9 heteroatoms. The Kier molecular flexibility index (Phi) is 6.22. The number of carbonyl (C=O) groups is 1. The molecule has 0 radical (unpaired) electrons. The van der Waals surface area contributed by atoms with Crippen LogP contribution in [0.4, 0.5) is 18.9 Å². The summed E-state index contributed by atoms with van der Waals surface area (Å²) in [6, 6.07) is 21.8. The molecule has 1 heterocycles. The molecule has 4 aromatic rings. The van der Waals surface area contributed by atoms with Crippen LogP contribution in [-0.2, 0) is 11.0 Å². The van der Waals surface area contributed by atoms with Crippen molar-refractivity contribution in [2.24, 2.45) is 5.92 Å². The van der Waals surface area contributed by atoms with Gasteiger partial charge in [0.05, 0.1) is 17.9 Å². The molecule has 0 unspecified atom stereocenters. The maximum Gasteiger partial charge on any atom is 0.416 e. The van der Waals surface area contributed by atoms with E-state index in [0.29, 0.717) is 18.0 Å². The average Bonchev–Trinajstić information content (AvgIpc) is 3.58. The summed E-state index contributed by atoms with van der Waals surface area (Å²) < 4.78 is 46.6. The number of nitrogens with one attached hydrogen (secondary N) is 1. The lowest BCUT2D eigenvalue weighted by Crippen LogP contribution is -2.14. The lowest BCUT2D eigenvalue weighted by atomic mass is 10.1. The highest BCUT2D eigenvalue weighted by Gasteiger charge is 2.43. The first kappa shape index (κ1) is 23.6. The summed E-state index contributed by atoms with van der Waals surface area (Å²) in [6.07, 6.45) is -3.67. The van der Waals surface area contributed by atoms with Crippen LogP contribution < -0.4 is 10.1 Å². The molecule has 36 heavy (non-hydrogen) atoms.